The van der Waals surface area contributed by atoms with Gasteiger partial charge in [0.25, 0.3) is 5.91 Å². The summed E-state index contributed by atoms with van der Waals surface area (Å²) in [5.74, 6) is 2.78. The molecule has 0 aliphatic carbocycles. The summed E-state index contributed by atoms with van der Waals surface area (Å²) in [6.45, 7) is 0.262. The molecule has 0 bridgehead atoms. The van der Waals surface area contributed by atoms with Crippen molar-refractivity contribution in [2.45, 2.75) is 6.04 Å². The minimum absolute atomic E-state index is 0.262. The normalized spacial score (nSPS) is 11.6. The highest BCUT2D eigenvalue weighted by atomic mass is 16.5. The number of pyridine rings is 1. The number of methoxy groups -OCH3 is 1. The molecule has 0 aromatic carbocycles. The van der Waals surface area contributed by atoms with E-state index in [2.05, 4.69) is 26.2 Å². The lowest BCUT2D eigenvalue weighted by atomic mass is 10.2. The van der Waals surface area contributed by atoms with Crippen LogP contribution < -0.4 is 5.32 Å². The van der Waals surface area contributed by atoms with Crippen LogP contribution in [-0.2, 0) is 4.74 Å². The zero-order valence-corrected chi connectivity index (χ0v) is 11.0. The Morgan fingerprint density at radius 2 is 2.40 bits per heavy atom. The van der Waals surface area contributed by atoms with Gasteiger partial charge in [-0.1, -0.05) is 5.92 Å². The van der Waals surface area contributed by atoms with Gasteiger partial charge < -0.3 is 15.0 Å². The summed E-state index contributed by atoms with van der Waals surface area (Å²) < 4.78 is 4.93. The van der Waals surface area contributed by atoms with Gasteiger partial charge in [-0.2, -0.15) is 0 Å². The molecule has 0 fully saturated rings. The molecule has 1 amide bonds. The predicted octanol–water partition coefficient (Wildman–Crippen LogP) is 0.850. The summed E-state index contributed by atoms with van der Waals surface area (Å²) in [4.78, 5) is 23.3. The van der Waals surface area contributed by atoms with Crippen LogP contribution in [0.5, 0.6) is 0 Å². The first-order valence-corrected chi connectivity index (χ1v) is 5.96. The number of nitrogens with one attached hydrogen (secondary N) is 2. The average molecular weight is 270 g/mol. The van der Waals surface area contributed by atoms with Crippen molar-refractivity contribution in [1.29, 1.82) is 0 Å². The van der Waals surface area contributed by atoms with E-state index in [1.807, 2.05) is 0 Å². The van der Waals surface area contributed by atoms with Gasteiger partial charge in [-0.3, -0.25) is 9.78 Å². The number of imidazole rings is 1. The first-order valence-electron chi connectivity index (χ1n) is 5.96. The van der Waals surface area contributed by atoms with E-state index in [-0.39, 0.29) is 12.5 Å². The fourth-order valence-electron chi connectivity index (χ4n) is 1.65. The number of aromatic amines is 1. The number of hydrogen-bond acceptors (Lipinski definition) is 4. The van der Waals surface area contributed by atoms with E-state index in [0.717, 1.165) is 0 Å². The molecular weight excluding hydrogens is 256 g/mol. The summed E-state index contributed by atoms with van der Waals surface area (Å²) in [6, 6.07) is 2.80. The lowest BCUT2D eigenvalue weighted by Gasteiger charge is -2.12. The maximum atomic E-state index is 12.1. The fraction of sp³-hybridized carbons (Fsp3) is 0.214. The predicted molar refractivity (Wildman–Crippen MR) is 73.8 cm³/mol. The number of carbonyl (C=O) groups is 1. The van der Waals surface area contributed by atoms with E-state index >= 15 is 0 Å². The maximum absolute atomic E-state index is 12.1. The van der Waals surface area contributed by atoms with Crippen molar-refractivity contribution >= 4 is 5.91 Å². The van der Waals surface area contributed by atoms with Crippen molar-refractivity contribution in [3.8, 4) is 23.9 Å². The van der Waals surface area contributed by atoms with E-state index in [4.69, 9.17) is 11.2 Å². The zero-order chi connectivity index (χ0) is 14.4. The maximum Gasteiger partial charge on any atom is 0.252 e. The van der Waals surface area contributed by atoms with Crippen molar-refractivity contribution in [3.63, 3.8) is 0 Å². The number of carbonyl (C=O) groups excluding carboxylic acids is 1. The summed E-state index contributed by atoms with van der Waals surface area (Å²) in [5.41, 5.74) is 1.05. The number of nitrogens with zero attached hydrogens (tertiary/aromatic N) is 2. The molecule has 2 heterocycles. The van der Waals surface area contributed by atoms with Crippen LogP contribution in [0, 0.1) is 12.3 Å². The highest BCUT2D eigenvalue weighted by molar-refractivity contribution is 5.95. The topological polar surface area (TPSA) is 79.9 Å². The van der Waals surface area contributed by atoms with E-state index in [1.54, 1.807) is 30.7 Å². The van der Waals surface area contributed by atoms with Gasteiger partial charge in [0, 0.05) is 31.3 Å². The number of H-pyrrole nitrogens is 1. The van der Waals surface area contributed by atoms with E-state index in [0.29, 0.717) is 17.1 Å². The number of ether oxygens (including phenoxy) is 1. The third-order valence-corrected chi connectivity index (χ3v) is 2.60. The highest BCUT2D eigenvalue weighted by Gasteiger charge is 2.13. The average Bonchev–Trinajstić information content (AvgIpc) is 3.01. The van der Waals surface area contributed by atoms with Crippen LogP contribution in [-0.4, -0.2) is 40.6 Å². The highest BCUT2D eigenvalue weighted by Crippen LogP contribution is 2.12. The van der Waals surface area contributed by atoms with Gasteiger partial charge in [0.05, 0.1) is 6.61 Å². The molecule has 1 atom stereocenters. The van der Waals surface area contributed by atoms with Gasteiger partial charge >= 0.3 is 0 Å². The van der Waals surface area contributed by atoms with Gasteiger partial charge in [0.15, 0.2) is 5.82 Å². The Morgan fingerprint density at radius 3 is 3.05 bits per heavy atom. The second-order valence-corrected chi connectivity index (χ2v) is 4.02. The second kappa shape index (κ2) is 6.50. The fourth-order valence-corrected chi connectivity index (χ4v) is 1.65. The molecule has 0 saturated carbocycles. The lowest BCUT2D eigenvalue weighted by molar-refractivity contribution is 0.0919. The Kier molecular flexibility index (Phi) is 4.47. The van der Waals surface area contributed by atoms with Crippen LogP contribution in [0.1, 0.15) is 10.4 Å². The molecule has 2 aromatic rings. The summed E-state index contributed by atoms with van der Waals surface area (Å²) in [5, 5.41) is 2.70. The molecule has 0 spiro atoms. The quantitative estimate of drug-likeness (QED) is 0.789. The monoisotopic (exact) mass is 270 g/mol. The van der Waals surface area contributed by atoms with Crippen LogP contribution in [0.4, 0.5) is 0 Å². The molecule has 0 unspecified atom stereocenters. The van der Waals surface area contributed by atoms with Crippen LogP contribution >= 0.6 is 0 Å². The summed E-state index contributed by atoms with van der Waals surface area (Å²) in [6.07, 6.45) is 10.2. The number of amides is 1. The lowest BCUT2D eigenvalue weighted by Crippen LogP contribution is -2.36. The largest absolute Gasteiger partial charge is 0.382 e. The second-order valence-electron chi connectivity index (χ2n) is 4.02. The van der Waals surface area contributed by atoms with E-state index < -0.39 is 6.04 Å². The van der Waals surface area contributed by atoms with Crippen LogP contribution in [0.2, 0.25) is 0 Å². The minimum Gasteiger partial charge on any atom is -0.382 e. The van der Waals surface area contributed by atoms with Gasteiger partial charge in [-0.05, 0) is 12.1 Å². The molecule has 0 radical (unpaired) electrons. The Labute approximate surface area is 116 Å². The SMILES string of the molecule is C#C[C@@H](COC)NC(=O)c1ccnc(-c2ncc[nH]2)c1. The third-order valence-electron chi connectivity index (χ3n) is 2.60. The first kappa shape index (κ1) is 13.8. The Bertz CT molecular complexity index is 616. The molecular formula is C14H14N4O2. The van der Waals surface area contributed by atoms with Gasteiger partial charge in [0.2, 0.25) is 0 Å². The van der Waals surface area contributed by atoms with E-state index in [1.165, 1.54) is 7.11 Å². The number of hydrogen-bond donors (Lipinski definition) is 2. The molecule has 2 aromatic heterocycles. The van der Waals surface area contributed by atoms with Gasteiger partial charge in [-0.25, -0.2) is 4.98 Å². The molecule has 2 rings (SSSR count). The van der Waals surface area contributed by atoms with Crippen molar-refractivity contribution in [2.24, 2.45) is 0 Å². The van der Waals surface area contributed by atoms with Crippen molar-refractivity contribution < 1.29 is 9.53 Å². The summed E-state index contributed by atoms with van der Waals surface area (Å²) >= 11 is 0. The molecule has 0 saturated heterocycles. The molecule has 2 N–H and O–H groups in total. The molecule has 0 aliphatic rings. The zero-order valence-electron chi connectivity index (χ0n) is 11.0. The molecule has 6 heteroatoms. The molecule has 6 nitrogen and oxygen atoms in total. The van der Waals surface area contributed by atoms with Gasteiger partial charge in [-0.15, -0.1) is 6.42 Å². The number of rotatable bonds is 5. The molecule has 0 aliphatic heterocycles. The van der Waals surface area contributed by atoms with Crippen molar-refractivity contribution in [3.05, 3.63) is 36.3 Å². The Morgan fingerprint density at radius 1 is 1.55 bits per heavy atom. The van der Waals surface area contributed by atoms with Crippen molar-refractivity contribution in [1.82, 2.24) is 20.3 Å². The minimum atomic E-state index is -0.465. The van der Waals surface area contributed by atoms with Crippen molar-refractivity contribution in [2.75, 3.05) is 13.7 Å². The van der Waals surface area contributed by atoms with Crippen LogP contribution in [0.25, 0.3) is 11.5 Å². The number of terminal acetylenes is 1. The first-order chi connectivity index (χ1) is 9.74. The Balaban J connectivity index is 2.15. The third kappa shape index (κ3) is 3.22. The molecule has 102 valence electrons. The van der Waals surface area contributed by atoms with E-state index in [9.17, 15) is 4.79 Å². The van der Waals surface area contributed by atoms with Crippen LogP contribution in [0.15, 0.2) is 30.7 Å². The Hall–Kier alpha value is -2.65. The molecule has 20 heavy (non-hydrogen) atoms. The smallest absolute Gasteiger partial charge is 0.252 e. The van der Waals surface area contributed by atoms with Crippen LogP contribution in [0.3, 0.4) is 0 Å². The number of aromatic nitrogens is 3. The van der Waals surface area contributed by atoms with Gasteiger partial charge in [0.1, 0.15) is 11.7 Å². The standard InChI is InChI=1S/C14H14N4O2/c1-3-11(9-20-2)18-14(19)10-4-5-15-12(8-10)13-16-6-7-17-13/h1,4-8,11H,9H2,2H3,(H,16,17)(H,18,19)/t11-/m0/s1. The summed E-state index contributed by atoms with van der Waals surface area (Å²) in [7, 11) is 1.53.